The first kappa shape index (κ1) is 19.4. The maximum Gasteiger partial charge on any atom is 0.422 e. The SMILES string of the molecule is CCC(OC(=O)NN)c1sc(CCc2csc(NC(C)=O)n2)cc1C. The standard InChI is InChI=1S/C16H22N4O3S2/c1-4-13(23-16(22)20-17)14-9(2)7-12(25-14)6-5-11-8-24-15(19-11)18-10(3)21/h7-8,13H,4-6,17H2,1-3H3,(H,20,22)(H,18,19,21). The van der Waals surface area contributed by atoms with Gasteiger partial charge in [-0.15, -0.1) is 22.7 Å². The zero-order valence-electron chi connectivity index (χ0n) is 14.4. The van der Waals surface area contributed by atoms with Crippen molar-refractivity contribution in [3.05, 3.63) is 32.5 Å². The Hall–Kier alpha value is -1.97. The summed E-state index contributed by atoms with van der Waals surface area (Å²) in [4.78, 5) is 29.1. The Labute approximate surface area is 154 Å². The van der Waals surface area contributed by atoms with Crippen LogP contribution in [0.25, 0.3) is 0 Å². The maximum absolute atomic E-state index is 11.4. The quantitative estimate of drug-likeness (QED) is 0.387. The second-order valence-electron chi connectivity index (χ2n) is 5.53. The average Bonchev–Trinajstić information content (AvgIpc) is 3.16. The molecule has 0 saturated heterocycles. The molecule has 2 aromatic rings. The van der Waals surface area contributed by atoms with E-state index in [-0.39, 0.29) is 12.0 Å². The summed E-state index contributed by atoms with van der Waals surface area (Å²) in [6.07, 6.45) is 1.38. The molecule has 9 heteroatoms. The van der Waals surface area contributed by atoms with Gasteiger partial charge in [0.05, 0.1) is 5.69 Å². The number of nitrogens with zero attached hydrogens (tertiary/aromatic N) is 1. The van der Waals surface area contributed by atoms with Crippen LogP contribution in [0.1, 0.15) is 47.4 Å². The molecule has 1 atom stereocenters. The number of ether oxygens (including phenoxy) is 1. The highest BCUT2D eigenvalue weighted by Gasteiger charge is 2.19. The summed E-state index contributed by atoms with van der Waals surface area (Å²) in [6, 6.07) is 2.12. The Kier molecular flexibility index (Phi) is 6.91. The molecule has 2 aromatic heterocycles. The van der Waals surface area contributed by atoms with Gasteiger partial charge in [0.25, 0.3) is 0 Å². The summed E-state index contributed by atoms with van der Waals surface area (Å²) in [5, 5.41) is 5.27. The fourth-order valence-electron chi connectivity index (χ4n) is 2.37. The van der Waals surface area contributed by atoms with Crippen LogP contribution in [-0.2, 0) is 22.4 Å². The van der Waals surface area contributed by atoms with E-state index in [0.29, 0.717) is 11.6 Å². The van der Waals surface area contributed by atoms with E-state index in [1.807, 2.05) is 24.7 Å². The molecule has 136 valence electrons. The van der Waals surface area contributed by atoms with Crippen LogP contribution < -0.4 is 16.6 Å². The molecule has 2 heterocycles. The summed E-state index contributed by atoms with van der Waals surface area (Å²) in [7, 11) is 0. The number of thiazole rings is 1. The van der Waals surface area contributed by atoms with E-state index in [0.717, 1.165) is 29.0 Å². The number of hydrazine groups is 1. The molecule has 2 rings (SSSR count). The molecule has 2 amide bonds. The molecule has 0 saturated carbocycles. The van der Waals surface area contributed by atoms with Gasteiger partial charge in [-0.3, -0.25) is 10.2 Å². The molecule has 0 fully saturated rings. The van der Waals surface area contributed by atoms with Crippen molar-refractivity contribution in [3.8, 4) is 0 Å². The molecule has 25 heavy (non-hydrogen) atoms. The number of anilines is 1. The van der Waals surface area contributed by atoms with Gasteiger partial charge in [-0.1, -0.05) is 6.92 Å². The van der Waals surface area contributed by atoms with Crippen LogP contribution in [-0.4, -0.2) is 17.0 Å². The van der Waals surface area contributed by atoms with Crippen LogP contribution in [0.4, 0.5) is 9.93 Å². The first-order valence-electron chi connectivity index (χ1n) is 7.91. The molecule has 1 unspecified atom stereocenters. The second kappa shape index (κ2) is 8.93. The third-order valence-electron chi connectivity index (χ3n) is 3.50. The van der Waals surface area contributed by atoms with Crippen molar-refractivity contribution in [3.63, 3.8) is 0 Å². The van der Waals surface area contributed by atoms with Crippen LogP contribution in [0.5, 0.6) is 0 Å². The minimum atomic E-state index is -0.630. The van der Waals surface area contributed by atoms with Gasteiger partial charge < -0.3 is 10.1 Å². The number of nitrogens with two attached hydrogens (primary N) is 1. The summed E-state index contributed by atoms with van der Waals surface area (Å²) >= 11 is 3.06. The zero-order chi connectivity index (χ0) is 18.4. The molecule has 0 aliphatic heterocycles. The Balaban J connectivity index is 2.00. The molecule has 0 spiro atoms. The van der Waals surface area contributed by atoms with E-state index in [2.05, 4.69) is 16.4 Å². The van der Waals surface area contributed by atoms with Gasteiger partial charge in [0.1, 0.15) is 6.10 Å². The van der Waals surface area contributed by atoms with Gasteiger partial charge in [-0.25, -0.2) is 15.6 Å². The van der Waals surface area contributed by atoms with Gasteiger partial charge in [0.2, 0.25) is 5.91 Å². The molecule has 4 N–H and O–H groups in total. The lowest BCUT2D eigenvalue weighted by molar-refractivity contribution is -0.114. The lowest BCUT2D eigenvalue weighted by Gasteiger charge is -2.15. The van der Waals surface area contributed by atoms with E-state index in [9.17, 15) is 9.59 Å². The number of carbonyl (C=O) groups excluding carboxylic acids is 2. The monoisotopic (exact) mass is 382 g/mol. The van der Waals surface area contributed by atoms with E-state index < -0.39 is 6.09 Å². The van der Waals surface area contributed by atoms with Crippen molar-refractivity contribution in [2.75, 3.05) is 5.32 Å². The normalized spacial score (nSPS) is 11.8. The second-order valence-corrected chi connectivity index (χ2v) is 7.56. The number of aryl methyl sites for hydroxylation is 3. The lowest BCUT2D eigenvalue weighted by Crippen LogP contribution is -2.31. The fraction of sp³-hybridized carbons (Fsp3) is 0.438. The minimum absolute atomic E-state index is 0.119. The molecular formula is C16H22N4O3S2. The predicted molar refractivity (Wildman–Crippen MR) is 99.7 cm³/mol. The van der Waals surface area contributed by atoms with Crippen LogP contribution >= 0.6 is 22.7 Å². The van der Waals surface area contributed by atoms with Crippen molar-refractivity contribution in [1.82, 2.24) is 10.4 Å². The third-order valence-corrected chi connectivity index (χ3v) is 5.70. The molecule has 0 aromatic carbocycles. The van der Waals surface area contributed by atoms with Crippen molar-refractivity contribution in [2.24, 2.45) is 5.84 Å². The topological polar surface area (TPSA) is 106 Å². The lowest BCUT2D eigenvalue weighted by atomic mass is 10.1. The van der Waals surface area contributed by atoms with Crippen LogP contribution in [0.2, 0.25) is 0 Å². The van der Waals surface area contributed by atoms with E-state index >= 15 is 0 Å². The van der Waals surface area contributed by atoms with Crippen molar-refractivity contribution >= 4 is 39.8 Å². The number of nitrogens with one attached hydrogen (secondary N) is 2. The molecule has 0 radical (unpaired) electrons. The smallest absolute Gasteiger partial charge is 0.422 e. The Bertz CT molecular complexity index is 742. The number of amides is 2. The molecule has 0 aliphatic carbocycles. The Morgan fingerprint density at radius 3 is 2.80 bits per heavy atom. The van der Waals surface area contributed by atoms with Crippen molar-refractivity contribution in [2.45, 2.75) is 46.1 Å². The van der Waals surface area contributed by atoms with Gasteiger partial charge in [0, 0.05) is 22.1 Å². The first-order valence-corrected chi connectivity index (χ1v) is 9.61. The largest absolute Gasteiger partial charge is 0.440 e. The molecule has 0 bridgehead atoms. The Morgan fingerprint density at radius 1 is 1.40 bits per heavy atom. The van der Waals surface area contributed by atoms with E-state index in [4.69, 9.17) is 10.6 Å². The fourth-order valence-corrected chi connectivity index (χ4v) is 4.45. The third kappa shape index (κ3) is 5.52. The van der Waals surface area contributed by atoms with Crippen LogP contribution in [0.15, 0.2) is 11.4 Å². The summed E-state index contributed by atoms with van der Waals surface area (Å²) < 4.78 is 5.32. The van der Waals surface area contributed by atoms with Crippen LogP contribution in [0.3, 0.4) is 0 Å². The number of aromatic nitrogens is 1. The number of carbonyl (C=O) groups is 2. The van der Waals surface area contributed by atoms with Gasteiger partial charge in [-0.2, -0.15) is 0 Å². The van der Waals surface area contributed by atoms with Gasteiger partial charge >= 0.3 is 6.09 Å². The van der Waals surface area contributed by atoms with Crippen molar-refractivity contribution in [1.29, 1.82) is 0 Å². The highest BCUT2D eigenvalue weighted by atomic mass is 32.1. The van der Waals surface area contributed by atoms with E-state index in [1.54, 1.807) is 11.3 Å². The van der Waals surface area contributed by atoms with Crippen molar-refractivity contribution < 1.29 is 14.3 Å². The van der Waals surface area contributed by atoms with Gasteiger partial charge in [0.15, 0.2) is 5.13 Å². The minimum Gasteiger partial charge on any atom is -0.440 e. The highest BCUT2D eigenvalue weighted by Crippen LogP contribution is 2.33. The molecule has 7 nitrogen and oxygen atoms in total. The number of hydrogen-bond acceptors (Lipinski definition) is 7. The Morgan fingerprint density at radius 2 is 2.16 bits per heavy atom. The predicted octanol–water partition coefficient (Wildman–Crippen LogP) is 3.31. The molecule has 0 aliphatic rings. The molecular weight excluding hydrogens is 360 g/mol. The zero-order valence-corrected chi connectivity index (χ0v) is 16.1. The summed E-state index contributed by atoms with van der Waals surface area (Å²) in [6.45, 7) is 5.44. The summed E-state index contributed by atoms with van der Waals surface area (Å²) in [5.74, 6) is 4.97. The number of hydrogen-bond donors (Lipinski definition) is 3. The maximum atomic E-state index is 11.4. The highest BCUT2D eigenvalue weighted by molar-refractivity contribution is 7.14. The van der Waals surface area contributed by atoms with E-state index in [1.165, 1.54) is 23.1 Å². The number of thiophene rings is 1. The summed E-state index contributed by atoms with van der Waals surface area (Å²) in [5.41, 5.74) is 4.05. The van der Waals surface area contributed by atoms with Crippen LogP contribution in [0, 0.1) is 6.92 Å². The number of rotatable bonds is 7. The van der Waals surface area contributed by atoms with Gasteiger partial charge in [-0.05, 0) is 37.8 Å². The first-order chi connectivity index (χ1) is 11.9. The average molecular weight is 383 g/mol.